The van der Waals surface area contributed by atoms with E-state index in [4.69, 9.17) is 11.0 Å². The molecule has 0 saturated heterocycles. The van der Waals surface area contributed by atoms with E-state index in [9.17, 15) is 10.2 Å². The lowest BCUT2D eigenvalue weighted by Crippen LogP contribution is -1.91. The Kier molecular flexibility index (Phi) is 3.00. The van der Waals surface area contributed by atoms with Gasteiger partial charge in [-0.25, -0.2) is 15.0 Å². The number of aromatic hydroxyl groups is 2. The number of nitrogens with two attached hydrogens (primary N) is 1. The third kappa shape index (κ3) is 2.28. The molecule has 0 aliphatic carbocycles. The van der Waals surface area contributed by atoms with Crippen molar-refractivity contribution in [1.82, 2.24) is 19.9 Å². The van der Waals surface area contributed by atoms with Crippen LogP contribution in [0.3, 0.4) is 0 Å². The van der Waals surface area contributed by atoms with Gasteiger partial charge in [-0.2, -0.15) is 5.26 Å². The molecule has 9 heteroatoms. The number of aromatic amines is 1. The molecule has 0 unspecified atom stereocenters. The third-order valence-electron chi connectivity index (χ3n) is 2.70. The quantitative estimate of drug-likeness (QED) is 0.519. The predicted molar refractivity (Wildman–Crippen MR) is 74.7 cm³/mol. The highest BCUT2D eigenvalue weighted by molar-refractivity contribution is 7.99. The zero-order valence-corrected chi connectivity index (χ0v) is 11.2. The molecule has 2 heterocycles. The molecule has 0 saturated carbocycles. The van der Waals surface area contributed by atoms with Gasteiger partial charge in [-0.05, 0) is 6.07 Å². The average molecular weight is 300 g/mol. The number of fused-ring (bicyclic) bond motifs is 1. The summed E-state index contributed by atoms with van der Waals surface area (Å²) in [6, 6.07) is 4.42. The number of benzene rings is 1. The van der Waals surface area contributed by atoms with Crippen LogP contribution in [0.2, 0.25) is 0 Å². The van der Waals surface area contributed by atoms with Crippen molar-refractivity contribution in [2.24, 2.45) is 0 Å². The highest BCUT2D eigenvalue weighted by atomic mass is 32.2. The molecule has 0 radical (unpaired) electrons. The van der Waals surface area contributed by atoms with Crippen LogP contribution in [-0.2, 0) is 0 Å². The fourth-order valence-corrected chi connectivity index (χ4v) is 2.59. The second-order valence-electron chi connectivity index (χ2n) is 4.05. The molecule has 3 rings (SSSR count). The van der Waals surface area contributed by atoms with E-state index < -0.39 is 0 Å². The molecule has 0 aliphatic heterocycles. The SMILES string of the molecule is N#Cc1cc(O)c(O)cc1Sc1nc2ncnc(N)c2[nH]1. The Morgan fingerprint density at radius 1 is 1.24 bits per heavy atom. The number of hydrogen-bond acceptors (Lipinski definition) is 8. The van der Waals surface area contributed by atoms with Crippen LogP contribution < -0.4 is 5.73 Å². The number of nitrogen functional groups attached to an aromatic ring is 1. The van der Waals surface area contributed by atoms with Crippen molar-refractivity contribution in [3.63, 3.8) is 0 Å². The Hall–Kier alpha value is -2.99. The van der Waals surface area contributed by atoms with E-state index in [0.29, 0.717) is 21.2 Å². The van der Waals surface area contributed by atoms with E-state index >= 15 is 0 Å². The maximum absolute atomic E-state index is 9.54. The molecular weight excluding hydrogens is 292 g/mol. The van der Waals surface area contributed by atoms with Crippen LogP contribution in [0.15, 0.2) is 28.5 Å². The molecule has 5 N–H and O–H groups in total. The number of nitriles is 1. The Bertz CT molecular complexity index is 885. The Morgan fingerprint density at radius 2 is 2.00 bits per heavy atom. The summed E-state index contributed by atoms with van der Waals surface area (Å²) in [6.07, 6.45) is 1.31. The van der Waals surface area contributed by atoms with Gasteiger partial charge in [0, 0.05) is 11.0 Å². The number of anilines is 1. The van der Waals surface area contributed by atoms with Crippen LogP contribution in [-0.4, -0.2) is 30.1 Å². The van der Waals surface area contributed by atoms with E-state index in [0.717, 1.165) is 11.8 Å². The first kappa shape index (κ1) is 13.0. The molecule has 21 heavy (non-hydrogen) atoms. The van der Waals surface area contributed by atoms with Crippen LogP contribution in [0.5, 0.6) is 11.5 Å². The minimum Gasteiger partial charge on any atom is -0.504 e. The van der Waals surface area contributed by atoms with Gasteiger partial charge in [0.1, 0.15) is 17.9 Å². The maximum atomic E-state index is 9.54. The summed E-state index contributed by atoms with van der Waals surface area (Å²) >= 11 is 1.11. The summed E-state index contributed by atoms with van der Waals surface area (Å²) in [5.74, 6) is -0.393. The molecule has 8 nitrogen and oxygen atoms in total. The van der Waals surface area contributed by atoms with E-state index in [1.165, 1.54) is 18.5 Å². The van der Waals surface area contributed by atoms with Gasteiger partial charge in [0.2, 0.25) is 0 Å². The molecule has 0 amide bonds. The van der Waals surface area contributed by atoms with Gasteiger partial charge in [0.05, 0.1) is 5.56 Å². The van der Waals surface area contributed by atoms with Gasteiger partial charge in [0.25, 0.3) is 0 Å². The van der Waals surface area contributed by atoms with Gasteiger partial charge >= 0.3 is 0 Å². The molecule has 1 aromatic carbocycles. The van der Waals surface area contributed by atoms with Crippen molar-refractivity contribution in [3.8, 4) is 17.6 Å². The number of hydrogen-bond donors (Lipinski definition) is 4. The van der Waals surface area contributed by atoms with Crippen LogP contribution in [0.25, 0.3) is 11.2 Å². The number of phenols is 2. The van der Waals surface area contributed by atoms with Gasteiger partial charge in [-0.1, -0.05) is 11.8 Å². The van der Waals surface area contributed by atoms with E-state index in [-0.39, 0.29) is 22.9 Å². The Morgan fingerprint density at radius 3 is 2.71 bits per heavy atom. The number of H-pyrrole nitrogens is 1. The molecule has 0 fully saturated rings. The first-order valence-electron chi connectivity index (χ1n) is 5.68. The fourth-order valence-electron chi connectivity index (χ4n) is 1.71. The minimum atomic E-state index is -0.351. The van der Waals surface area contributed by atoms with Gasteiger partial charge in [-0.3, -0.25) is 0 Å². The molecule has 0 bridgehead atoms. The number of aromatic nitrogens is 4. The normalized spacial score (nSPS) is 10.6. The highest BCUT2D eigenvalue weighted by Gasteiger charge is 2.13. The summed E-state index contributed by atoms with van der Waals surface area (Å²) < 4.78 is 0. The topological polar surface area (TPSA) is 145 Å². The molecule has 0 aliphatic rings. The molecule has 104 valence electrons. The van der Waals surface area contributed by atoms with Crippen molar-refractivity contribution >= 4 is 28.7 Å². The average Bonchev–Trinajstić information content (AvgIpc) is 2.86. The van der Waals surface area contributed by atoms with Crippen molar-refractivity contribution in [2.45, 2.75) is 10.1 Å². The van der Waals surface area contributed by atoms with Crippen LogP contribution in [0.1, 0.15) is 5.56 Å². The standard InChI is InChI=1S/C12H8N6O2S/c13-3-5-1-6(19)7(20)2-8(5)21-12-17-9-10(14)15-4-16-11(9)18-12/h1-2,4,19-20H,(H3,14,15,16,17,18). The second-order valence-corrected chi connectivity index (χ2v) is 5.08. The highest BCUT2D eigenvalue weighted by Crippen LogP contribution is 2.36. The van der Waals surface area contributed by atoms with Crippen LogP contribution in [0, 0.1) is 11.3 Å². The molecule has 0 atom stereocenters. The smallest absolute Gasteiger partial charge is 0.183 e. The van der Waals surface area contributed by atoms with Gasteiger partial charge in [-0.15, -0.1) is 0 Å². The lowest BCUT2D eigenvalue weighted by atomic mass is 10.2. The largest absolute Gasteiger partial charge is 0.504 e. The molecule has 0 spiro atoms. The zero-order valence-electron chi connectivity index (χ0n) is 10.4. The zero-order chi connectivity index (χ0) is 15.0. The minimum absolute atomic E-state index is 0.217. The lowest BCUT2D eigenvalue weighted by Gasteiger charge is -2.04. The van der Waals surface area contributed by atoms with Crippen LogP contribution >= 0.6 is 11.8 Å². The van der Waals surface area contributed by atoms with Crippen molar-refractivity contribution in [1.29, 1.82) is 5.26 Å². The first-order chi connectivity index (χ1) is 10.1. The van der Waals surface area contributed by atoms with E-state index in [2.05, 4.69) is 19.9 Å². The molecular formula is C12H8N6O2S. The summed E-state index contributed by atoms with van der Waals surface area (Å²) in [7, 11) is 0. The van der Waals surface area contributed by atoms with Gasteiger partial charge < -0.3 is 20.9 Å². The molecule has 3 aromatic rings. The number of rotatable bonds is 2. The van der Waals surface area contributed by atoms with Gasteiger partial charge in [0.15, 0.2) is 28.1 Å². The van der Waals surface area contributed by atoms with E-state index in [1.54, 1.807) is 0 Å². The predicted octanol–water partition coefficient (Wildman–Crippen LogP) is 1.37. The number of imidazole rings is 1. The van der Waals surface area contributed by atoms with Crippen molar-refractivity contribution < 1.29 is 10.2 Å². The summed E-state index contributed by atoms with van der Waals surface area (Å²) in [4.78, 5) is 15.4. The van der Waals surface area contributed by atoms with E-state index in [1.807, 2.05) is 6.07 Å². The Labute approximate surface area is 122 Å². The summed E-state index contributed by atoms with van der Waals surface area (Å²) in [5.41, 5.74) is 6.83. The van der Waals surface area contributed by atoms with Crippen molar-refractivity contribution in [3.05, 3.63) is 24.0 Å². The maximum Gasteiger partial charge on any atom is 0.183 e. The molecule has 2 aromatic heterocycles. The third-order valence-corrected chi connectivity index (χ3v) is 3.64. The lowest BCUT2D eigenvalue weighted by molar-refractivity contribution is 0.402. The van der Waals surface area contributed by atoms with Crippen molar-refractivity contribution in [2.75, 3.05) is 5.73 Å². The number of nitrogens with zero attached hydrogens (tertiary/aromatic N) is 4. The number of phenolic OH excluding ortho intramolecular Hbond substituents is 2. The monoisotopic (exact) mass is 300 g/mol. The summed E-state index contributed by atoms with van der Waals surface area (Å²) in [5, 5.41) is 28.5. The fraction of sp³-hybridized carbons (Fsp3) is 0. The number of nitrogens with one attached hydrogen (secondary N) is 1. The summed E-state index contributed by atoms with van der Waals surface area (Å²) in [6.45, 7) is 0. The second kappa shape index (κ2) is 4.84. The Balaban J connectivity index is 2.05. The van der Waals surface area contributed by atoms with Crippen LogP contribution in [0.4, 0.5) is 5.82 Å². The first-order valence-corrected chi connectivity index (χ1v) is 6.50.